The third-order valence-corrected chi connectivity index (χ3v) is 3.92. The van der Waals surface area contributed by atoms with Crippen molar-refractivity contribution in [1.82, 2.24) is 5.32 Å². The van der Waals surface area contributed by atoms with Gasteiger partial charge in [0.2, 0.25) is 0 Å². The van der Waals surface area contributed by atoms with Crippen LogP contribution in [0.4, 0.5) is 5.00 Å². The van der Waals surface area contributed by atoms with Crippen LogP contribution in [0.25, 0.3) is 0 Å². The van der Waals surface area contributed by atoms with Crippen molar-refractivity contribution in [2.45, 2.75) is 19.4 Å². The summed E-state index contributed by atoms with van der Waals surface area (Å²) in [6, 6.07) is 3.38. The largest absolute Gasteiger partial charge is 0.381 e. The van der Waals surface area contributed by atoms with Crippen molar-refractivity contribution in [2.75, 3.05) is 19.8 Å². The summed E-state index contributed by atoms with van der Waals surface area (Å²) in [7, 11) is 0. The van der Waals surface area contributed by atoms with E-state index in [1.165, 1.54) is 11.3 Å². The second-order valence-corrected chi connectivity index (χ2v) is 5.34. The molecule has 6 heteroatoms. The molecule has 1 unspecified atom stereocenters. The first-order chi connectivity index (χ1) is 8.25. The Morgan fingerprint density at radius 2 is 2.47 bits per heavy atom. The highest BCUT2D eigenvalue weighted by Gasteiger charge is 2.14. The zero-order valence-corrected chi connectivity index (χ0v) is 10.4. The molecule has 0 amide bonds. The van der Waals surface area contributed by atoms with Crippen LogP contribution in [0.1, 0.15) is 17.7 Å². The van der Waals surface area contributed by atoms with Gasteiger partial charge >= 0.3 is 5.00 Å². The summed E-state index contributed by atoms with van der Waals surface area (Å²) in [6.45, 7) is 3.43. The lowest BCUT2D eigenvalue weighted by Crippen LogP contribution is -2.17. The first-order valence-electron chi connectivity index (χ1n) is 5.77. The molecule has 1 fully saturated rings. The Kier molecular flexibility index (Phi) is 4.47. The van der Waals surface area contributed by atoms with Gasteiger partial charge in [0.25, 0.3) is 0 Å². The van der Waals surface area contributed by atoms with E-state index in [0.29, 0.717) is 12.5 Å². The van der Waals surface area contributed by atoms with Crippen molar-refractivity contribution in [3.8, 4) is 0 Å². The number of hydrogen-bond donors (Lipinski definition) is 1. The highest BCUT2D eigenvalue weighted by molar-refractivity contribution is 7.15. The Bertz CT molecular complexity index is 375. The molecule has 0 spiro atoms. The van der Waals surface area contributed by atoms with Gasteiger partial charge in [-0.3, -0.25) is 10.1 Å². The average Bonchev–Trinajstić information content (AvgIpc) is 2.96. The molecule has 2 heterocycles. The number of nitro groups is 1. The summed E-state index contributed by atoms with van der Waals surface area (Å²) in [5, 5.41) is 14.0. The first kappa shape index (κ1) is 12.5. The van der Waals surface area contributed by atoms with E-state index in [9.17, 15) is 10.1 Å². The van der Waals surface area contributed by atoms with Crippen LogP contribution in [0.3, 0.4) is 0 Å². The molecular weight excluding hydrogens is 240 g/mol. The first-order valence-corrected chi connectivity index (χ1v) is 6.59. The van der Waals surface area contributed by atoms with Gasteiger partial charge in [0.05, 0.1) is 4.92 Å². The van der Waals surface area contributed by atoms with Crippen LogP contribution in [0.5, 0.6) is 0 Å². The molecule has 1 aromatic heterocycles. The van der Waals surface area contributed by atoms with Crippen molar-refractivity contribution < 1.29 is 9.66 Å². The molecule has 5 nitrogen and oxygen atoms in total. The van der Waals surface area contributed by atoms with Crippen molar-refractivity contribution in [2.24, 2.45) is 5.92 Å². The van der Waals surface area contributed by atoms with Crippen LogP contribution in [-0.2, 0) is 11.3 Å². The monoisotopic (exact) mass is 256 g/mol. The number of nitrogens with zero attached hydrogens (tertiary/aromatic N) is 1. The Balaban J connectivity index is 1.65. The zero-order chi connectivity index (χ0) is 12.1. The minimum absolute atomic E-state index is 0.214. The number of rotatable bonds is 6. The quantitative estimate of drug-likeness (QED) is 0.481. The van der Waals surface area contributed by atoms with E-state index in [-0.39, 0.29) is 9.92 Å². The number of hydrogen-bond acceptors (Lipinski definition) is 5. The zero-order valence-electron chi connectivity index (χ0n) is 9.55. The van der Waals surface area contributed by atoms with Gasteiger partial charge in [0.1, 0.15) is 0 Å². The van der Waals surface area contributed by atoms with Crippen LogP contribution >= 0.6 is 11.3 Å². The van der Waals surface area contributed by atoms with E-state index in [2.05, 4.69) is 5.32 Å². The Labute approximate surface area is 104 Å². The van der Waals surface area contributed by atoms with E-state index in [1.54, 1.807) is 6.07 Å². The van der Waals surface area contributed by atoms with Crippen LogP contribution in [0, 0.1) is 16.0 Å². The van der Waals surface area contributed by atoms with Crippen LogP contribution in [0.2, 0.25) is 0 Å². The minimum atomic E-state index is -0.343. The van der Waals surface area contributed by atoms with Gasteiger partial charge in [-0.1, -0.05) is 11.3 Å². The normalized spacial score (nSPS) is 19.6. The molecule has 94 valence electrons. The van der Waals surface area contributed by atoms with Gasteiger partial charge in [-0.25, -0.2) is 0 Å². The maximum Gasteiger partial charge on any atom is 0.324 e. The molecule has 0 aromatic carbocycles. The summed E-state index contributed by atoms with van der Waals surface area (Å²) < 4.78 is 5.30. The van der Waals surface area contributed by atoms with Crippen molar-refractivity contribution in [3.63, 3.8) is 0 Å². The number of ether oxygens (including phenoxy) is 1. The lowest BCUT2D eigenvalue weighted by molar-refractivity contribution is -0.380. The highest BCUT2D eigenvalue weighted by atomic mass is 32.1. The van der Waals surface area contributed by atoms with E-state index in [4.69, 9.17) is 4.74 Å². The molecule has 2 rings (SSSR count). The van der Waals surface area contributed by atoms with E-state index in [0.717, 1.165) is 37.5 Å². The summed E-state index contributed by atoms with van der Waals surface area (Å²) >= 11 is 1.24. The molecule has 0 bridgehead atoms. The lowest BCUT2D eigenvalue weighted by atomic mass is 10.1. The second-order valence-electron chi connectivity index (χ2n) is 4.19. The van der Waals surface area contributed by atoms with Gasteiger partial charge in [-0.2, -0.15) is 0 Å². The predicted octanol–water partition coefficient (Wildman–Crippen LogP) is 2.17. The van der Waals surface area contributed by atoms with E-state index >= 15 is 0 Å². The Morgan fingerprint density at radius 1 is 1.59 bits per heavy atom. The molecule has 1 aromatic rings. The molecular formula is C11H16N2O3S. The highest BCUT2D eigenvalue weighted by Crippen LogP contribution is 2.23. The fourth-order valence-corrected chi connectivity index (χ4v) is 2.68. The van der Waals surface area contributed by atoms with E-state index in [1.807, 2.05) is 6.07 Å². The summed E-state index contributed by atoms with van der Waals surface area (Å²) in [6.07, 6.45) is 2.28. The van der Waals surface area contributed by atoms with Crippen molar-refractivity contribution in [1.29, 1.82) is 0 Å². The molecule has 17 heavy (non-hydrogen) atoms. The SMILES string of the molecule is O=[N+]([O-])c1ccc(CNCCC2CCOC2)s1. The fraction of sp³-hybridized carbons (Fsp3) is 0.636. The number of nitrogens with one attached hydrogen (secondary N) is 1. The maximum atomic E-state index is 10.5. The van der Waals surface area contributed by atoms with Gasteiger partial charge in [-0.05, 0) is 31.4 Å². The molecule has 1 N–H and O–H groups in total. The molecule has 1 atom stereocenters. The van der Waals surface area contributed by atoms with Crippen molar-refractivity contribution >= 4 is 16.3 Å². The van der Waals surface area contributed by atoms with Gasteiger partial charge in [0.15, 0.2) is 0 Å². The molecule has 0 radical (unpaired) electrons. The smallest absolute Gasteiger partial charge is 0.324 e. The van der Waals surface area contributed by atoms with E-state index < -0.39 is 0 Å². The van der Waals surface area contributed by atoms with Gasteiger partial charge < -0.3 is 10.1 Å². The van der Waals surface area contributed by atoms with Crippen molar-refractivity contribution in [3.05, 3.63) is 27.1 Å². The number of thiophene rings is 1. The predicted molar refractivity (Wildman–Crippen MR) is 66.2 cm³/mol. The Morgan fingerprint density at radius 3 is 3.12 bits per heavy atom. The lowest BCUT2D eigenvalue weighted by Gasteiger charge is -2.07. The third kappa shape index (κ3) is 3.76. The fourth-order valence-electron chi connectivity index (χ4n) is 1.89. The summed E-state index contributed by atoms with van der Waals surface area (Å²) in [5.41, 5.74) is 0. The average molecular weight is 256 g/mol. The summed E-state index contributed by atoms with van der Waals surface area (Å²) in [5.74, 6) is 0.681. The summed E-state index contributed by atoms with van der Waals surface area (Å²) in [4.78, 5) is 11.2. The van der Waals surface area contributed by atoms with Crippen LogP contribution in [-0.4, -0.2) is 24.7 Å². The van der Waals surface area contributed by atoms with Gasteiger partial charge in [-0.15, -0.1) is 0 Å². The minimum Gasteiger partial charge on any atom is -0.381 e. The topological polar surface area (TPSA) is 64.4 Å². The molecule has 1 aliphatic heterocycles. The second kappa shape index (κ2) is 6.09. The molecule has 0 saturated carbocycles. The molecule has 1 saturated heterocycles. The molecule has 1 aliphatic rings. The third-order valence-electron chi connectivity index (χ3n) is 2.88. The van der Waals surface area contributed by atoms with Crippen LogP contribution in [0.15, 0.2) is 12.1 Å². The maximum absolute atomic E-state index is 10.5. The van der Waals surface area contributed by atoms with Crippen LogP contribution < -0.4 is 5.32 Å². The Hall–Kier alpha value is -0.980. The van der Waals surface area contributed by atoms with Gasteiger partial charge in [0, 0.05) is 30.7 Å². The standard InChI is InChI=1S/C11H16N2O3S/c14-13(15)11-2-1-10(17-11)7-12-5-3-9-4-6-16-8-9/h1-2,9,12H,3-8H2. The molecule has 0 aliphatic carbocycles.